The Kier molecular flexibility index (Phi) is 18.8. The van der Waals surface area contributed by atoms with Crippen molar-refractivity contribution in [2.45, 2.75) is 112 Å². The molecule has 15 nitrogen and oxygen atoms in total. The van der Waals surface area contributed by atoms with Crippen LogP contribution in [0, 0.1) is 5.41 Å². The van der Waals surface area contributed by atoms with E-state index in [4.69, 9.17) is 96.7 Å². The van der Waals surface area contributed by atoms with E-state index in [0.717, 1.165) is 29.3 Å². The Morgan fingerprint density at radius 3 is 1.62 bits per heavy atom. The Morgan fingerprint density at radius 2 is 1.13 bits per heavy atom. The SMILES string of the molecule is CC[Si](CC)(CC)OC1COC(OC(=N)C(Cl)(Cl)Cl)C(OC(C)=O)C1OC1OCC(OCc2ccc(OC)cc2)C(OCc2ccc(OC)cc2)C1OC(=O)c1ccc(OC)cc1. The van der Waals surface area contributed by atoms with Gasteiger partial charge in [-0.3, -0.25) is 10.2 Å². The third-order valence-corrected chi connectivity index (χ3v) is 16.2. The highest BCUT2D eigenvalue weighted by atomic mass is 35.6. The molecule has 0 spiro atoms. The molecular weight excluding hydrogens is 901 g/mol. The maximum Gasteiger partial charge on any atom is 0.338 e. The van der Waals surface area contributed by atoms with E-state index in [1.165, 1.54) is 14.0 Å². The van der Waals surface area contributed by atoms with Crippen molar-refractivity contribution in [3.8, 4) is 17.2 Å². The molecule has 2 aliphatic heterocycles. The highest BCUT2D eigenvalue weighted by molar-refractivity contribution is 6.76. The number of esters is 2. The molecule has 8 unspecified atom stereocenters. The summed E-state index contributed by atoms with van der Waals surface area (Å²) in [4.78, 5) is 27.0. The minimum Gasteiger partial charge on any atom is -0.497 e. The summed E-state index contributed by atoms with van der Waals surface area (Å²) in [5, 5.41) is 8.34. The van der Waals surface area contributed by atoms with Gasteiger partial charge in [-0.25, -0.2) is 4.79 Å². The lowest BCUT2D eigenvalue weighted by Gasteiger charge is -2.47. The molecule has 5 rings (SSSR count). The van der Waals surface area contributed by atoms with Crippen molar-refractivity contribution in [2.24, 2.45) is 0 Å². The van der Waals surface area contributed by atoms with Gasteiger partial charge in [0.2, 0.25) is 12.2 Å². The van der Waals surface area contributed by atoms with Gasteiger partial charge in [-0.1, -0.05) is 79.8 Å². The molecule has 0 amide bonds. The fourth-order valence-electron chi connectivity index (χ4n) is 7.17. The van der Waals surface area contributed by atoms with Crippen LogP contribution in [0.5, 0.6) is 17.2 Å². The molecule has 2 aliphatic rings. The number of methoxy groups -OCH3 is 3. The molecule has 346 valence electrons. The van der Waals surface area contributed by atoms with E-state index in [-0.39, 0.29) is 32.0 Å². The van der Waals surface area contributed by atoms with Gasteiger partial charge in [0.05, 0.1) is 59.4 Å². The highest BCUT2D eigenvalue weighted by Crippen LogP contribution is 2.37. The summed E-state index contributed by atoms with van der Waals surface area (Å²) >= 11 is 18.0. The molecule has 0 saturated carbocycles. The van der Waals surface area contributed by atoms with Crippen LogP contribution in [0.1, 0.15) is 49.2 Å². The fourth-order valence-corrected chi connectivity index (χ4v) is 10.2. The summed E-state index contributed by atoms with van der Waals surface area (Å²) in [7, 11) is 2.25. The molecule has 0 aliphatic carbocycles. The van der Waals surface area contributed by atoms with E-state index in [9.17, 15) is 9.59 Å². The Hall–Kier alpha value is -3.68. The van der Waals surface area contributed by atoms with E-state index in [0.29, 0.717) is 17.2 Å². The van der Waals surface area contributed by atoms with E-state index in [1.807, 2.05) is 36.4 Å². The minimum absolute atomic E-state index is 0.0616. The van der Waals surface area contributed by atoms with Crippen molar-refractivity contribution in [3.05, 3.63) is 89.5 Å². The normalized spacial score (nSPS) is 23.9. The molecule has 8 atom stereocenters. The molecule has 2 fully saturated rings. The summed E-state index contributed by atoms with van der Waals surface area (Å²) in [6.45, 7) is 7.36. The quantitative estimate of drug-likeness (QED) is 0.0378. The number of nitrogens with one attached hydrogen (secondary N) is 1. The molecule has 0 aromatic heterocycles. The number of alkyl halides is 3. The number of halogens is 3. The van der Waals surface area contributed by atoms with Gasteiger partial charge < -0.3 is 56.5 Å². The maximum atomic E-state index is 14.1. The summed E-state index contributed by atoms with van der Waals surface area (Å²) in [6, 6.07) is 23.4. The van der Waals surface area contributed by atoms with Crippen molar-refractivity contribution in [2.75, 3.05) is 34.5 Å². The zero-order chi connectivity index (χ0) is 45.7. The molecule has 0 bridgehead atoms. The van der Waals surface area contributed by atoms with E-state index >= 15 is 0 Å². The smallest absolute Gasteiger partial charge is 0.338 e. The average molecular weight is 957 g/mol. The second-order valence-corrected chi connectivity index (χ2v) is 21.8. The van der Waals surface area contributed by atoms with Crippen molar-refractivity contribution in [3.63, 3.8) is 0 Å². The monoisotopic (exact) mass is 955 g/mol. The molecule has 2 saturated heterocycles. The molecule has 19 heteroatoms. The molecule has 3 aromatic carbocycles. The third-order valence-electron chi connectivity index (χ3n) is 11.0. The highest BCUT2D eigenvalue weighted by Gasteiger charge is 2.54. The largest absolute Gasteiger partial charge is 0.497 e. The summed E-state index contributed by atoms with van der Waals surface area (Å²) in [5.74, 6) is -0.353. The first-order chi connectivity index (χ1) is 30.2. The minimum atomic E-state index is -2.44. The van der Waals surface area contributed by atoms with Gasteiger partial charge in [-0.2, -0.15) is 0 Å². The number of benzene rings is 3. The number of ether oxygens (including phenoxy) is 11. The zero-order valence-electron chi connectivity index (χ0n) is 36.3. The van der Waals surface area contributed by atoms with Crippen LogP contribution >= 0.6 is 34.8 Å². The zero-order valence-corrected chi connectivity index (χ0v) is 39.6. The Labute approximate surface area is 384 Å². The molecular formula is C44H56Cl3NO14Si. The summed E-state index contributed by atoms with van der Waals surface area (Å²) < 4.78 is 71.2. The lowest BCUT2D eigenvalue weighted by molar-refractivity contribution is -0.333. The van der Waals surface area contributed by atoms with Crippen molar-refractivity contribution < 1.29 is 66.1 Å². The second kappa shape index (κ2) is 23.5. The predicted octanol–water partition coefficient (Wildman–Crippen LogP) is 8.19. The van der Waals surface area contributed by atoms with Crippen LogP contribution in [0.2, 0.25) is 18.1 Å². The first-order valence-electron chi connectivity index (χ1n) is 20.6. The third kappa shape index (κ3) is 13.7. The van der Waals surface area contributed by atoms with Gasteiger partial charge >= 0.3 is 11.9 Å². The molecule has 0 radical (unpaired) electrons. The number of carbonyl (C=O) groups is 2. The van der Waals surface area contributed by atoms with Crippen LogP contribution in [0.25, 0.3) is 0 Å². The standard InChI is InChI=1S/C44H56Cl3NO14Si/c1-8-63(9-2,10-3)62-35-26-57-42(61-43(48)44(45,46)47)39(58-27(4)49)37(35)60-41-38(59-40(50)30-15-21-33(53-7)22-16-30)36(55-24-29-13-19-32(52-6)20-14-29)34(25-56-41)54-23-28-11-17-31(51-5)18-12-28/h11-22,34-39,41-42,48H,8-10,23-26H2,1-7H3. The van der Waals surface area contributed by atoms with Gasteiger partial charge in [-0.15, -0.1) is 0 Å². The number of rotatable bonds is 20. The predicted molar refractivity (Wildman–Crippen MR) is 236 cm³/mol. The van der Waals surface area contributed by atoms with Crippen LogP contribution < -0.4 is 14.2 Å². The Balaban J connectivity index is 1.57. The van der Waals surface area contributed by atoms with E-state index in [2.05, 4.69) is 20.8 Å². The van der Waals surface area contributed by atoms with Crippen LogP contribution in [-0.4, -0.2) is 114 Å². The van der Waals surface area contributed by atoms with Crippen molar-refractivity contribution in [1.29, 1.82) is 5.41 Å². The number of hydrogen-bond donors (Lipinski definition) is 1. The lowest BCUT2D eigenvalue weighted by atomic mass is 10.0. The van der Waals surface area contributed by atoms with E-state index in [1.54, 1.807) is 50.6 Å². The van der Waals surface area contributed by atoms with Crippen LogP contribution in [0.3, 0.4) is 0 Å². The van der Waals surface area contributed by atoms with Crippen LogP contribution in [0.4, 0.5) is 0 Å². The van der Waals surface area contributed by atoms with E-state index < -0.39 is 79.2 Å². The van der Waals surface area contributed by atoms with Gasteiger partial charge in [-0.05, 0) is 77.8 Å². The van der Waals surface area contributed by atoms with Crippen molar-refractivity contribution >= 4 is 61.0 Å². The number of carbonyl (C=O) groups excluding carboxylic acids is 2. The average Bonchev–Trinajstić information content (AvgIpc) is 3.29. The van der Waals surface area contributed by atoms with Gasteiger partial charge in [0.1, 0.15) is 35.6 Å². The maximum absolute atomic E-state index is 14.1. The lowest BCUT2D eigenvalue weighted by Crippen LogP contribution is -2.64. The topological polar surface area (TPSA) is 169 Å². The fraction of sp³-hybridized carbons (Fsp3) is 0.523. The first-order valence-corrected chi connectivity index (χ1v) is 24.2. The molecule has 3 aromatic rings. The summed E-state index contributed by atoms with van der Waals surface area (Å²) in [5.41, 5.74) is 1.83. The number of hydrogen-bond acceptors (Lipinski definition) is 15. The van der Waals surface area contributed by atoms with Crippen molar-refractivity contribution in [1.82, 2.24) is 0 Å². The second-order valence-electron chi connectivity index (χ2n) is 14.8. The molecule has 63 heavy (non-hydrogen) atoms. The van der Waals surface area contributed by atoms with Gasteiger partial charge in [0.25, 0.3) is 3.79 Å². The Bertz CT molecular complexity index is 1910. The van der Waals surface area contributed by atoms with Gasteiger partial charge in [0, 0.05) is 6.92 Å². The molecule has 2 heterocycles. The summed E-state index contributed by atoms with van der Waals surface area (Å²) in [6.07, 6.45) is -9.52. The van der Waals surface area contributed by atoms with Crippen LogP contribution in [0.15, 0.2) is 72.8 Å². The first kappa shape index (κ1) is 50.3. The molecule has 1 N–H and O–H groups in total. The Morgan fingerprint density at radius 1 is 0.651 bits per heavy atom. The van der Waals surface area contributed by atoms with Crippen LogP contribution in [-0.2, 0) is 60.3 Å². The van der Waals surface area contributed by atoms with Gasteiger partial charge in [0.15, 0.2) is 26.8 Å².